The van der Waals surface area contributed by atoms with Crippen LogP contribution in [0.5, 0.6) is 0 Å². The lowest BCUT2D eigenvalue weighted by Crippen LogP contribution is -2.47. The number of aliphatic hydroxyl groups excluding tert-OH is 4. The first kappa shape index (κ1) is 58.4. The predicted molar refractivity (Wildman–Crippen MR) is 250 cm³/mol. The number of hydrogen-bond donors (Lipinski definition) is 4. The summed E-state index contributed by atoms with van der Waals surface area (Å²) in [6, 6.07) is 9.02. The molecule has 1 aliphatic rings. The zero-order valence-electron chi connectivity index (χ0n) is 38.5. The minimum atomic E-state index is -3.80. The number of sulfonamides is 1. The third-order valence-corrected chi connectivity index (χ3v) is 11.0. The van der Waals surface area contributed by atoms with Gasteiger partial charge in [0.25, 0.3) is 15.9 Å². The van der Waals surface area contributed by atoms with Crippen LogP contribution in [0.15, 0.2) is 116 Å². The Morgan fingerprint density at radius 3 is 1.67 bits per heavy atom. The molecule has 4 N–H and O–H groups in total. The molecule has 0 atom stereocenters. The minimum Gasteiger partial charge on any atom is -0.500 e. The van der Waals surface area contributed by atoms with Crippen molar-refractivity contribution in [3.63, 3.8) is 0 Å². The van der Waals surface area contributed by atoms with Crippen LogP contribution >= 0.6 is 0 Å². The fourth-order valence-corrected chi connectivity index (χ4v) is 7.51. The van der Waals surface area contributed by atoms with Crippen LogP contribution in [0.1, 0.15) is 38.7 Å². The number of carbonyl (C=O) groups excluding carboxylic acids is 1. The van der Waals surface area contributed by atoms with Crippen LogP contribution in [0, 0.1) is 13.8 Å². The number of rotatable bonds is 28. The van der Waals surface area contributed by atoms with E-state index in [1.165, 1.54) is 43.1 Å². The number of oxazole rings is 1. The molecule has 1 saturated heterocycles. The summed E-state index contributed by atoms with van der Waals surface area (Å²) in [7, 11) is -3.80. The van der Waals surface area contributed by atoms with Crippen molar-refractivity contribution in [3.05, 3.63) is 141 Å². The van der Waals surface area contributed by atoms with E-state index < -0.39 is 10.0 Å². The van der Waals surface area contributed by atoms with Gasteiger partial charge in [0.2, 0.25) is 5.03 Å². The zero-order valence-corrected chi connectivity index (χ0v) is 39.3. The summed E-state index contributed by atoms with van der Waals surface area (Å²) < 4.78 is 56.1. The average molecular weight is 947 g/mol. The van der Waals surface area contributed by atoms with E-state index in [-0.39, 0.29) is 75.3 Å². The third-order valence-electron chi connectivity index (χ3n) is 9.11. The van der Waals surface area contributed by atoms with Crippen LogP contribution in [-0.4, -0.2) is 169 Å². The Bertz CT molecular complexity index is 1900. The molecular formula is C46H70N6O13S. The van der Waals surface area contributed by atoms with Crippen molar-refractivity contribution in [2.45, 2.75) is 38.7 Å². The maximum atomic E-state index is 12.4. The van der Waals surface area contributed by atoms with E-state index in [0.717, 1.165) is 66.9 Å². The molecule has 0 saturated carbocycles. The number of aryl methyl sites for hydroxylation is 2. The number of piperazine rings is 1. The Balaban J connectivity index is 0.000000442. The molecule has 0 spiro atoms. The van der Waals surface area contributed by atoms with E-state index >= 15 is 0 Å². The zero-order chi connectivity index (χ0) is 49.0. The van der Waals surface area contributed by atoms with Gasteiger partial charge in [-0.05, 0) is 41.8 Å². The molecule has 0 unspecified atom stereocenters. The van der Waals surface area contributed by atoms with E-state index in [2.05, 4.69) is 52.7 Å². The summed E-state index contributed by atoms with van der Waals surface area (Å²) in [4.78, 5) is 25.9. The molecule has 66 heavy (non-hydrogen) atoms. The monoisotopic (exact) mass is 946 g/mol. The smallest absolute Gasteiger partial charge is 0.264 e. The van der Waals surface area contributed by atoms with Gasteiger partial charge in [0.15, 0.2) is 5.89 Å². The molecule has 19 nitrogen and oxygen atoms in total. The average Bonchev–Trinajstić information content (AvgIpc) is 3.69. The molecule has 0 radical (unpaired) electrons. The van der Waals surface area contributed by atoms with Crippen LogP contribution < -0.4 is 0 Å². The molecule has 368 valence electrons. The Morgan fingerprint density at radius 2 is 1.20 bits per heavy atom. The van der Waals surface area contributed by atoms with Crippen molar-refractivity contribution in [3.8, 4) is 0 Å². The third kappa shape index (κ3) is 23.6. The normalized spacial score (nSPS) is 12.3. The molecule has 20 heteroatoms. The fraction of sp³-hybridized carbons (Fsp3) is 0.457. The number of carbonyl (C=O) groups is 1. The minimum absolute atomic E-state index is 0.00299. The lowest BCUT2D eigenvalue weighted by molar-refractivity contribution is 0.0677. The number of pyridine rings is 1. The van der Waals surface area contributed by atoms with Crippen molar-refractivity contribution < 1.29 is 61.7 Å². The van der Waals surface area contributed by atoms with Crippen LogP contribution in [0.25, 0.3) is 0 Å². The number of nitrogens with zero attached hydrogens (tertiary/aromatic N) is 6. The summed E-state index contributed by atoms with van der Waals surface area (Å²) in [6.45, 7) is 29.2. The Labute approximate surface area is 390 Å². The number of aliphatic hydroxyl groups is 4. The van der Waals surface area contributed by atoms with Gasteiger partial charge in [-0.2, -0.15) is 4.31 Å². The van der Waals surface area contributed by atoms with Crippen molar-refractivity contribution in [1.82, 2.24) is 29.0 Å². The predicted octanol–water partition coefficient (Wildman–Crippen LogP) is 3.37. The van der Waals surface area contributed by atoms with Gasteiger partial charge in [0, 0.05) is 83.8 Å². The highest BCUT2D eigenvalue weighted by atomic mass is 32.2. The second kappa shape index (κ2) is 35.7. The molecule has 3 heterocycles. The number of ether oxygens (including phenoxy) is 5. The fourth-order valence-electron chi connectivity index (χ4n) is 5.98. The molecule has 2 aromatic heterocycles. The highest BCUT2D eigenvalue weighted by molar-refractivity contribution is 7.89. The molecule has 1 fully saturated rings. The number of β-amino-alcohol motifs (C(OH)–C–C–N with tert-alkyl or cyclic N) is 1. The standard InChI is InChI=1S/C13H16O3.C12H16N2O3.C11H18N2O5S.C10H20N2O2/c1-3-15-9-12-5-11(8-14)6-13(7-12)10-16-4-2;1-2-17-10-8-14(7-9-15)12(16)11-3-5-13-6-4-11;1-4-17-8-6-13(5-7-14)19(15,16)11-9(2)18-10(3)12-11;1-2-14-10-8-12-5-3-11(4-6-12)7-9-13/h3-7,14H,1-2,8-10H2;2-6,15H,1,7-10H2;4,14H,1,5-8H2,2-3H3;2,13H,1,3-10H2. The van der Waals surface area contributed by atoms with Crippen molar-refractivity contribution in [2.24, 2.45) is 0 Å². The Hall–Kier alpha value is -5.58. The Kier molecular flexibility index (Phi) is 31.6. The summed E-state index contributed by atoms with van der Waals surface area (Å²) in [5.41, 5.74) is 3.35. The van der Waals surface area contributed by atoms with E-state index in [4.69, 9.17) is 48.5 Å². The van der Waals surface area contributed by atoms with Crippen molar-refractivity contribution in [1.29, 1.82) is 0 Å². The van der Waals surface area contributed by atoms with Crippen molar-refractivity contribution >= 4 is 15.9 Å². The molecule has 0 aliphatic carbocycles. The summed E-state index contributed by atoms with van der Waals surface area (Å²) >= 11 is 0. The number of amides is 1. The molecule has 1 aliphatic heterocycles. The summed E-state index contributed by atoms with van der Waals surface area (Å²) in [6.07, 6.45) is 9.96. The van der Waals surface area contributed by atoms with Gasteiger partial charge >= 0.3 is 0 Å². The van der Waals surface area contributed by atoms with E-state index in [1.807, 2.05) is 18.2 Å². The second-order valence-electron chi connectivity index (χ2n) is 13.8. The SMILES string of the molecule is C=COCCN(CCO)C(=O)c1ccncc1.C=COCCN(CCO)S(=O)(=O)c1nc(C)oc1C.C=COCCN1CCN(CCO)CC1.C=COCc1cc(CO)cc(COC=C)c1. The van der Waals surface area contributed by atoms with E-state index in [0.29, 0.717) is 31.9 Å². The molecule has 1 amide bonds. The van der Waals surface area contributed by atoms with Gasteiger partial charge in [-0.15, -0.1) is 0 Å². The molecule has 1 aromatic carbocycles. The number of aromatic nitrogens is 2. The lowest BCUT2D eigenvalue weighted by atomic mass is 10.1. The van der Waals surface area contributed by atoms with Crippen LogP contribution in [0.2, 0.25) is 0 Å². The first-order chi connectivity index (χ1) is 31.9. The van der Waals surface area contributed by atoms with Gasteiger partial charge < -0.3 is 53.4 Å². The highest BCUT2D eigenvalue weighted by Gasteiger charge is 2.29. The van der Waals surface area contributed by atoms with Crippen LogP contribution in [0.4, 0.5) is 0 Å². The molecule has 4 rings (SSSR count). The largest absolute Gasteiger partial charge is 0.500 e. The highest BCUT2D eigenvalue weighted by Crippen LogP contribution is 2.20. The van der Waals surface area contributed by atoms with Gasteiger partial charge in [0.05, 0.1) is 70.9 Å². The molecular weight excluding hydrogens is 877 g/mol. The van der Waals surface area contributed by atoms with Crippen LogP contribution in [0.3, 0.4) is 0 Å². The van der Waals surface area contributed by atoms with Gasteiger partial charge in [-0.3, -0.25) is 19.6 Å². The molecule has 3 aromatic rings. The molecule has 0 bridgehead atoms. The van der Waals surface area contributed by atoms with Crippen LogP contribution in [-0.2, 0) is 53.5 Å². The first-order valence-corrected chi connectivity index (χ1v) is 22.6. The topological polar surface area (TPSA) is 230 Å². The number of hydrogen-bond acceptors (Lipinski definition) is 17. The summed E-state index contributed by atoms with van der Waals surface area (Å²) in [5, 5.41) is 35.6. The van der Waals surface area contributed by atoms with E-state index in [1.54, 1.807) is 31.5 Å². The first-order valence-electron chi connectivity index (χ1n) is 21.1. The second-order valence-corrected chi connectivity index (χ2v) is 15.6. The lowest BCUT2D eigenvalue weighted by Gasteiger charge is -2.34. The number of benzene rings is 1. The Morgan fingerprint density at radius 1 is 0.697 bits per heavy atom. The van der Waals surface area contributed by atoms with Gasteiger partial charge in [-0.25, -0.2) is 13.4 Å². The summed E-state index contributed by atoms with van der Waals surface area (Å²) in [5.74, 6) is 0.363. The van der Waals surface area contributed by atoms with Gasteiger partial charge in [-0.1, -0.05) is 45.0 Å². The van der Waals surface area contributed by atoms with Gasteiger partial charge in [0.1, 0.15) is 32.2 Å². The quantitative estimate of drug-likeness (QED) is 0.0604. The van der Waals surface area contributed by atoms with E-state index in [9.17, 15) is 13.2 Å². The maximum absolute atomic E-state index is 12.4. The van der Waals surface area contributed by atoms with Crippen molar-refractivity contribution in [2.75, 3.05) is 105 Å². The maximum Gasteiger partial charge on any atom is 0.264 e.